The lowest BCUT2D eigenvalue weighted by molar-refractivity contribution is -0.157. The smallest absolute Gasteiger partial charge is 0.237 e. The minimum atomic E-state index is -2.63. The molecule has 43 heavy (non-hydrogen) atoms. The second-order valence-electron chi connectivity index (χ2n) is 12.9. The monoisotopic (exact) mass is 597 g/mol. The van der Waals surface area contributed by atoms with Crippen LogP contribution in [0.2, 0.25) is 0 Å². The van der Waals surface area contributed by atoms with Gasteiger partial charge in [0, 0.05) is 35.2 Å². The van der Waals surface area contributed by atoms with Gasteiger partial charge in [0.05, 0.1) is 36.3 Å². The van der Waals surface area contributed by atoms with Gasteiger partial charge in [0.25, 0.3) is 0 Å². The van der Waals surface area contributed by atoms with Crippen LogP contribution in [0.4, 0.5) is 4.39 Å². The normalized spacial score (nSPS) is 32.1. The molecule has 13 heteroatoms. The summed E-state index contributed by atoms with van der Waals surface area (Å²) in [5, 5.41) is 34.9. The maximum Gasteiger partial charge on any atom is 0.237 e. The van der Waals surface area contributed by atoms with Gasteiger partial charge < -0.3 is 31.6 Å². The summed E-state index contributed by atoms with van der Waals surface area (Å²) in [6.07, 6.45) is 3.95. The molecule has 6 unspecified atom stereocenters. The zero-order chi connectivity index (χ0) is 31.1. The Bertz CT molecular complexity index is 1490. The average Bonchev–Trinajstić information content (AvgIpc) is 3.63. The van der Waals surface area contributed by atoms with Gasteiger partial charge in [0.2, 0.25) is 11.8 Å². The van der Waals surface area contributed by atoms with Crippen LogP contribution in [-0.2, 0) is 38.7 Å². The van der Waals surface area contributed by atoms with E-state index in [1.807, 2.05) is 0 Å². The Morgan fingerprint density at radius 3 is 2.42 bits per heavy atom. The number of nitrogens with two attached hydrogens (primary N) is 1. The lowest BCUT2D eigenvalue weighted by Crippen LogP contribution is -2.73. The van der Waals surface area contributed by atoms with Gasteiger partial charge in [-0.15, -0.1) is 0 Å². The first-order valence-electron chi connectivity index (χ1n) is 14.7. The molecular formula is C30H36FN5O7. The van der Waals surface area contributed by atoms with Gasteiger partial charge in [-0.3, -0.25) is 28.9 Å². The second-order valence-corrected chi connectivity index (χ2v) is 12.9. The maximum absolute atomic E-state index is 16.1. The molecule has 1 aromatic carbocycles. The third kappa shape index (κ3) is 4.19. The number of carbonyl (C=O) groups is 5. The Kier molecular flexibility index (Phi) is 7.05. The van der Waals surface area contributed by atoms with Crippen LogP contribution in [0.5, 0.6) is 5.75 Å². The molecule has 6 atom stereocenters. The Balaban J connectivity index is 1.34. The number of rotatable bonds is 5. The first-order valence-corrected chi connectivity index (χ1v) is 14.7. The predicted octanol–water partition coefficient (Wildman–Crippen LogP) is -0.169. The first-order chi connectivity index (χ1) is 20.3. The van der Waals surface area contributed by atoms with Crippen LogP contribution >= 0.6 is 0 Å². The molecule has 1 heterocycles. The minimum Gasteiger partial charge on any atom is -0.507 e. The lowest BCUT2D eigenvalue weighted by atomic mass is 9.52. The van der Waals surface area contributed by atoms with Crippen molar-refractivity contribution in [1.29, 1.82) is 5.41 Å². The summed E-state index contributed by atoms with van der Waals surface area (Å²) < 4.78 is 16.1. The summed E-state index contributed by atoms with van der Waals surface area (Å²) in [5.74, 6) is -10.7. The highest BCUT2D eigenvalue weighted by molar-refractivity contribution is 6.33. The number of primary amides is 1. The molecule has 0 radical (unpaired) electrons. The number of amides is 2. The van der Waals surface area contributed by atoms with E-state index in [0.717, 1.165) is 25.7 Å². The van der Waals surface area contributed by atoms with E-state index in [9.17, 15) is 34.2 Å². The van der Waals surface area contributed by atoms with E-state index in [2.05, 4.69) is 5.32 Å². The fraction of sp³-hybridized carbons (Fsp3) is 0.600. The SMILES string of the molecule is CN(C)C1C(=O)C(C(N)=O)C(=N)C2(O)C(=O)C3C(=O)c4c(O)c5c(c(F)c4CC3CC12)CN(C(=O)CNC1CCCC1)C5. The number of phenols is 1. The number of aromatic hydroxyl groups is 1. The highest BCUT2D eigenvalue weighted by atomic mass is 19.1. The molecule has 0 saturated heterocycles. The van der Waals surface area contributed by atoms with E-state index in [4.69, 9.17) is 11.1 Å². The molecule has 3 saturated carbocycles. The highest BCUT2D eigenvalue weighted by Crippen LogP contribution is 2.52. The van der Waals surface area contributed by atoms with Crippen molar-refractivity contribution in [3.05, 3.63) is 28.1 Å². The van der Waals surface area contributed by atoms with Crippen LogP contribution in [0.25, 0.3) is 0 Å². The van der Waals surface area contributed by atoms with Crippen LogP contribution in [0, 0.1) is 34.9 Å². The lowest BCUT2D eigenvalue weighted by Gasteiger charge is -2.53. The van der Waals surface area contributed by atoms with Crippen molar-refractivity contribution in [2.45, 2.75) is 69.3 Å². The summed E-state index contributed by atoms with van der Waals surface area (Å²) in [5.41, 5.74) is 1.73. The number of nitrogens with zero attached hydrogens (tertiary/aromatic N) is 2. The van der Waals surface area contributed by atoms with Gasteiger partial charge in [-0.1, -0.05) is 12.8 Å². The number of Topliss-reactive ketones (excluding diaryl/α,β-unsaturated/α-hetero) is 3. The summed E-state index contributed by atoms with van der Waals surface area (Å²) >= 11 is 0. The topological polar surface area (TPSA) is 194 Å². The number of carbonyl (C=O) groups excluding carboxylic acids is 5. The quantitative estimate of drug-likeness (QED) is 0.287. The Morgan fingerprint density at radius 1 is 1.14 bits per heavy atom. The Hall–Kier alpha value is -3.55. The number of benzene rings is 1. The molecule has 6 rings (SSSR count). The first kappa shape index (κ1) is 29.5. The number of nitrogens with one attached hydrogen (secondary N) is 2. The number of likely N-dealkylation sites (N-methyl/N-ethyl adjacent to an activating group) is 1. The van der Waals surface area contributed by atoms with Gasteiger partial charge >= 0.3 is 0 Å². The highest BCUT2D eigenvalue weighted by Gasteiger charge is 2.67. The molecule has 0 aromatic heterocycles. The van der Waals surface area contributed by atoms with Gasteiger partial charge in [0.1, 0.15) is 17.5 Å². The third-order valence-corrected chi connectivity index (χ3v) is 10.4. The fourth-order valence-electron chi connectivity index (χ4n) is 8.28. The van der Waals surface area contributed by atoms with Crippen LogP contribution < -0.4 is 11.1 Å². The molecular weight excluding hydrogens is 561 g/mol. The van der Waals surface area contributed by atoms with Crippen LogP contribution in [0.3, 0.4) is 0 Å². The number of hydrogen-bond donors (Lipinski definition) is 5. The zero-order valence-electron chi connectivity index (χ0n) is 24.1. The number of halogens is 1. The Morgan fingerprint density at radius 2 is 1.79 bits per heavy atom. The minimum absolute atomic E-state index is 0.0623. The summed E-state index contributed by atoms with van der Waals surface area (Å²) in [6, 6.07) is -0.904. The number of phenolic OH excluding ortho intramolecular Hbond substituents is 1. The van der Waals surface area contributed by atoms with E-state index >= 15 is 4.39 Å². The van der Waals surface area contributed by atoms with Crippen molar-refractivity contribution in [2.75, 3.05) is 20.6 Å². The van der Waals surface area contributed by atoms with E-state index in [-0.39, 0.29) is 66.7 Å². The molecule has 0 spiro atoms. The van der Waals surface area contributed by atoms with Crippen molar-refractivity contribution in [3.63, 3.8) is 0 Å². The number of ketones is 3. The molecule has 4 aliphatic carbocycles. The van der Waals surface area contributed by atoms with Gasteiger partial charge in [0.15, 0.2) is 23.0 Å². The average molecular weight is 598 g/mol. The molecule has 230 valence electrons. The molecule has 3 fully saturated rings. The number of hydrogen-bond acceptors (Lipinski definition) is 10. The van der Waals surface area contributed by atoms with E-state index in [1.165, 1.54) is 23.9 Å². The fourth-order valence-corrected chi connectivity index (χ4v) is 8.28. The molecule has 0 bridgehead atoms. The molecule has 1 aromatic rings. The molecule has 12 nitrogen and oxygen atoms in total. The summed E-state index contributed by atoms with van der Waals surface area (Å²) in [6.45, 7) is -0.0998. The van der Waals surface area contributed by atoms with Crippen molar-refractivity contribution in [2.24, 2.45) is 29.4 Å². The van der Waals surface area contributed by atoms with Crippen LogP contribution in [-0.4, -0.2) is 93.2 Å². The Labute approximate surface area is 247 Å². The molecule has 1 aliphatic heterocycles. The third-order valence-electron chi connectivity index (χ3n) is 10.4. The van der Waals surface area contributed by atoms with Crippen LogP contribution in [0.15, 0.2) is 0 Å². The number of fused-ring (bicyclic) bond motifs is 4. The molecule has 2 amide bonds. The van der Waals surface area contributed by atoms with Gasteiger partial charge in [-0.2, -0.15) is 0 Å². The van der Waals surface area contributed by atoms with E-state index in [0.29, 0.717) is 0 Å². The summed E-state index contributed by atoms with van der Waals surface area (Å²) in [4.78, 5) is 69.2. The van der Waals surface area contributed by atoms with Gasteiger partial charge in [-0.25, -0.2) is 4.39 Å². The van der Waals surface area contributed by atoms with E-state index in [1.54, 1.807) is 0 Å². The standard InChI is InChI=1S/C30H36FN5O7/c1-35(2)23-17-8-12-7-14-20(25(39)19(12)28(41)30(17,43)27(32)21(26(23)40)29(33)42)24(38)16-11-36(10-15(16)22(14)31)18(37)9-34-13-5-3-4-6-13/h12-13,17,19,21,23,32,34,38,43H,3-11H2,1-2H3,(H2,33,42). The predicted molar refractivity (Wildman–Crippen MR) is 149 cm³/mol. The van der Waals surface area contributed by atoms with Crippen LogP contribution in [0.1, 0.15) is 59.2 Å². The number of aliphatic hydroxyl groups is 1. The van der Waals surface area contributed by atoms with E-state index < -0.39 is 75.8 Å². The molecule has 5 aliphatic rings. The summed E-state index contributed by atoms with van der Waals surface area (Å²) in [7, 11) is 3.07. The molecule has 6 N–H and O–H groups in total. The van der Waals surface area contributed by atoms with Gasteiger partial charge in [-0.05, 0) is 45.7 Å². The largest absolute Gasteiger partial charge is 0.507 e. The zero-order valence-corrected chi connectivity index (χ0v) is 24.1. The maximum atomic E-state index is 16.1. The van der Waals surface area contributed by atoms with Crippen molar-refractivity contribution >= 4 is 34.9 Å². The second kappa shape index (κ2) is 10.3. The van der Waals surface area contributed by atoms with Crippen molar-refractivity contribution in [3.8, 4) is 5.75 Å². The van der Waals surface area contributed by atoms with Crippen molar-refractivity contribution < 1.29 is 38.6 Å². The van der Waals surface area contributed by atoms with Crippen molar-refractivity contribution in [1.82, 2.24) is 15.1 Å².